The van der Waals surface area contributed by atoms with Gasteiger partial charge in [0, 0.05) is 12.1 Å². The standard InChI is InChI=1S/C23H24N4OS/c1-2-15-27-22(18-10-4-3-5-11-18)25-26-23(27)29-16-21(28)24-20-14-8-12-17-9-6-7-13-19(17)20/h2-7,9-11,13,20H,1,8,12,14-16H2,(H,24,28)/t20-/m1/s1. The minimum absolute atomic E-state index is 0.0196. The van der Waals surface area contributed by atoms with Crippen molar-refractivity contribution in [1.82, 2.24) is 20.1 Å². The number of aryl methyl sites for hydroxylation is 1. The Labute approximate surface area is 175 Å². The molecule has 3 aromatic rings. The molecule has 0 radical (unpaired) electrons. The summed E-state index contributed by atoms with van der Waals surface area (Å²) in [6.45, 7) is 4.43. The largest absolute Gasteiger partial charge is 0.349 e. The molecule has 148 valence electrons. The Hall–Kier alpha value is -2.86. The summed E-state index contributed by atoms with van der Waals surface area (Å²) in [5.41, 5.74) is 3.59. The van der Waals surface area contributed by atoms with E-state index in [0.717, 1.165) is 35.8 Å². The van der Waals surface area contributed by atoms with Crippen LogP contribution >= 0.6 is 11.8 Å². The number of rotatable bonds is 7. The molecule has 4 rings (SSSR count). The van der Waals surface area contributed by atoms with E-state index in [-0.39, 0.29) is 11.9 Å². The fourth-order valence-electron chi connectivity index (χ4n) is 3.76. The molecule has 29 heavy (non-hydrogen) atoms. The van der Waals surface area contributed by atoms with Gasteiger partial charge in [0.15, 0.2) is 11.0 Å². The Morgan fingerprint density at radius 3 is 2.79 bits per heavy atom. The van der Waals surface area contributed by atoms with E-state index in [1.165, 1.54) is 22.9 Å². The number of hydrogen-bond acceptors (Lipinski definition) is 4. The van der Waals surface area contributed by atoms with Gasteiger partial charge in [0.05, 0.1) is 11.8 Å². The second kappa shape index (κ2) is 9.09. The van der Waals surface area contributed by atoms with Crippen molar-refractivity contribution in [2.24, 2.45) is 0 Å². The molecule has 0 aliphatic heterocycles. The molecule has 5 nitrogen and oxygen atoms in total. The molecule has 1 amide bonds. The number of carbonyl (C=O) groups is 1. The Kier molecular flexibility index (Phi) is 6.10. The van der Waals surface area contributed by atoms with Crippen LogP contribution in [0.2, 0.25) is 0 Å². The first-order valence-corrected chi connectivity index (χ1v) is 10.8. The van der Waals surface area contributed by atoms with Gasteiger partial charge >= 0.3 is 0 Å². The highest BCUT2D eigenvalue weighted by Crippen LogP contribution is 2.30. The van der Waals surface area contributed by atoms with Crippen molar-refractivity contribution in [2.45, 2.75) is 37.0 Å². The summed E-state index contributed by atoms with van der Waals surface area (Å²) < 4.78 is 2.00. The van der Waals surface area contributed by atoms with Crippen LogP contribution in [0.3, 0.4) is 0 Å². The summed E-state index contributed by atoms with van der Waals surface area (Å²) in [7, 11) is 0. The summed E-state index contributed by atoms with van der Waals surface area (Å²) >= 11 is 1.41. The van der Waals surface area contributed by atoms with Crippen molar-refractivity contribution in [2.75, 3.05) is 5.75 Å². The monoisotopic (exact) mass is 404 g/mol. The second-order valence-electron chi connectivity index (χ2n) is 7.07. The Morgan fingerprint density at radius 1 is 1.17 bits per heavy atom. The van der Waals surface area contributed by atoms with E-state index < -0.39 is 0 Å². The highest BCUT2D eigenvalue weighted by molar-refractivity contribution is 7.99. The smallest absolute Gasteiger partial charge is 0.230 e. The number of fused-ring (bicyclic) bond motifs is 1. The summed E-state index contributed by atoms with van der Waals surface area (Å²) in [5, 5.41) is 12.6. The lowest BCUT2D eigenvalue weighted by Crippen LogP contribution is -2.32. The second-order valence-corrected chi connectivity index (χ2v) is 8.01. The normalized spacial score (nSPS) is 15.5. The number of thioether (sulfide) groups is 1. The van der Waals surface area contributed by atoms with E-state index in [1.54, 1.807) is 0 Å². The van der Waals surface area contributed by atoms with Crippen LogP contribution in [-0.4, -0.2) is 26.4 Å². The van der Waals surface area contributed by atoms with Gasteiger partial charge in [0.1, 0.15) is 0 Å². The van der Waals surface area contributed by atoms with Gasteiger partial charge in [-0.1, -0.05) is 72.4 Å². The number of nitrogens with zero attached hydrogens (tertiary/aromatic N) is 3. The SMILES string of the molecule is C=CCn1c(SCC(=O)N[C@@H]2CCCc3ccccc32)nnc1-c1ccccc1. The average molecular weight is 405 g/mol. The summed E-state index contributed by atoms with van der Waals surface area (Å²) in [5.74, 6) is 1.11. The molecular weight excluding hydrogens is 380 g/mol. The lowest BCUT2D eigenvalue weighted by atomic mass is 9.88. The summed E-state index contributed by atoms with van der Waals surface area (Å²) in [6.07, 6.45) is 4.99. The molecular formula is C23H24N4OS. The number of nitrogens with one attached hydrogen (secondary N) is 1. The van der Waals surface area contributed by atoms with Gasteiger partial charge in [-0.05, 0) is 30.4 Å². The minimum Gasteiger partial charge on any atom is -0.349 e. The molecule has 1 aliphatic rings. The topological polar surface area (TPSA) is 59.8 Å². The molecule has 0 fully saturated rings. The molecule has 0 bridgehead atoms. The van der Waals surface area contributed by atoms with Crippen LogP contribution in [-0.2, 0) is 17.8 Å². The Morgan fingerprint density at radius 2 is 1.97 bits per heavy atom. The lowest BCUT2D eigenvalue weighted by molar-refractivity contribution is -0.119. The third-order valence-corrected chi connectivity index (χ3v) is 6.06. The Bertz CT molecular complexity index is 999. The van der Waals surface area contributed by atoms with Crippen LogP contribution in [0.1, 0.15) is 30.0 Å². The summed E-state index contributed by atoms with van der Waals surface area (Å²) in [6, 6.07) is 18.4. The molecule has 0 unspecified atom stereocenters. The van der Waals surface area contributed by atoms with Crippen molar-refractivity contribution in [3.63, 3.8) is 0 Å². The van der Waals surface area contributed by atoms with Gasteiger partial charge in [-0.3, -0.25) is 9.36 Å². The third kappa shape index (κ3) is 4.43. The first-order valence-electron chi connectivity index (χ1n) is 9.85. The van der Waals surface area contributed by atoms with Crippen LogP contribution in [0.25, 0.3) is 11.4 Å². The molecule has 1 aliphatic carbocycles. The molecule has 0 saturated heterocycles. The van der Waals surface area contributed by atoms with Gasteiger partial charge in [0.2, 0.25) is 5.91 Å². The lowest BCUT2D eigenvalue weighted by Gasteiger charge is -2.26. The Balaban J connectivity index is 1.44. The van der Waals surface area contributed by atoms with E-state index >= 15 is 0 Å². The van der Waals surface area contributed by atoms with Crippen molar-refractivity contribution in [1.29, 1.82) is 0 Å². The predicted octanol–water partition coefficient (Wildman–Crippen LogP) is 4.42. The fraction of sp³-hybridized carbons (Fsp3) is 0.261. The van der Waals surface area contributed by atoms with Crippen molar-refractivity contribution >= 4 is 17.7 Å². The van der Waals surface area contributed by atoms with E-state index in [9.17, 15) is 4.79 Å². The quantitative estimate of drug-likeness (QED) is 0.468. The molecule has 2 aromatic carbocycles. The predicted molar refractivity (Wildman–Crippen MR) is 117 cm³/mol. The zero-order chi connectivity index (χ0) is 20.1. The maximum atomic E-state index is 12.6. The van der Waals surface area contributed by atoms with E-state index in [4.69, 9.17) is 0 Å². The van der Waals surface area contributed by atoms with Gasteiger partial charge in [-0.15, -0.1) is 16.8 Å². The van der Waals surface area contributed by atoms with Crippen molar-refractivity contribution in [3.8, 4) is 11.4 Å². The maximum absolute atomic E-state index is 12.6. The van der Waals surface area contributed by atoms with Gasteiger partial charge in [-0.25, -0.2) is 0 Å². The molecule has 0 saturated carbocycles. The maximum Gasteiger partial charge on any atom is 0.230 e. The van der Waals surface area contributed by atoms with Crippen LogP contribution in [0.15, 0.2) is 72.4 Å². The fourth-order valence-corrected chi connectivity index (χ4v) is 4.52. The van der Waals surface area contributed by atoms with Gasteiger partial charge in [0.25, 0.3) is 0 Å². The van der Waals surface area contributed by atoms with E-state index in [2.05, 4.69) is 40.3 Å². The molecule has 1 heterocycles. The third-order valence-electron chi connectivity index (χ3n) is 5.10. The first kappa shape index (κ1) is 19.5. The van der Waals surface area contributed by atoms with Gasteiger partial charge in [-0.2, -0.15) is 0 Å². The van der Waals surface area contributed by atoms with Crippen molar-refractivity contribution < 1.29 is 4.79 Å². The number of amides is 1. The van der Waals surface area contributed by atoms with Crippen LogP contribution in [0.4, 0.5) is 0 Å². The van der Waals surface area contributed by atoms with Crippen LogP contribution < -0.4 is 5.32 Å². The zero-order valence-electron chi connectivity index (χ0n) is 16.3. The molecule has 1 aromatic heterocycles. The van der Waals surface area contributed by atoms with E-state index in [0.29, 0.717) is 12.3 Å². The van der Waals surface area contributed by atoms with Crippen LogP contribution in [0, 0.1) is 0 Å². The van der Waals surface area contributed by atoms with E-state index in [1.807, 2.05) is 47.0 Å². The van der Waals surface area contributed by atoms with Gasteiger partial charge < -0.3 is 5.32 Å². The van der Waals surface area contributed by atoms with Crippen molar-refractivity contribution in [3.05, 3.63) is 78.4 Å². The highest BCUT2D eigenvalue weighted by Gasteiger charge is 2.22. The molecule has 0 spiro atoms. The average Bonchev–Trinajstić information content (AvgIpc) is 3.16. The highest BCUT2D eigenvalue weighted by atomic mass is 32.2. The summed E-state index contributed by atoms with van der Waals surface area (Å²) in [4.78, 5) is 12.6. The zero-order valence-corrected chi connectivity index (χ0v) is 17.1. The molecule has 1 N–H and O–H groups in total. The number of aromatic nitrogens is 3. The number of hydrogen-bond donors (Lipinski definition) is 1. The number of benzene rings is 2. The number of carbonyl (C=O) groups excluding carboxylic acids is 1. The minimum atomic E-state index is 0.0196. The van der Waals surface area contributed by atoms with Crippen LogP contribution in [0.5, 0.6) is 0 Å². The number of allylic oxidation sites excluding steroid dienone is 1. The molecule has 1 atom stereocenters. The molecule has 6 heteroatoms. The first-order chi connectivity index (χ1) is 14.3.